The van der Waals surface area contributed by atoms with Crippen LogP contribution in [0, 0.1) is 5.92 Å². The molecule has 0 unspecified atom stereocenters. The molecule has 0 radical (unpaired) electrons. The molecule has 0 spiro atoms. The molecule has 174 valence electrons. The zero-order valence-electron chi connectivity index (χ0n) is 18.4. The lowest BCUT2D eigenvalue weighted by atomic mass is 9.49. The molecule has 1 aromatic rings. The number of phenols is 2. The normalized spacial score (nSPS) is 31.8. The topological polar surface area (TPSA) is 113 Å². The Morgan fingerprint density at radius 1 is 1.25 bits per heavy atom. The van der Waals surface area contributed by atoms with Crippen molar-refractivity contribution in [2.75, 3.05) is 31.6 Å². The highest BCUT2D eigenvalue weighted by atomic mass is 32.2. The molecule has 5 N–H and O–H groups in total. The largest absolute Gasteiger partial charge is 0.512 e. The van der Waals surface area contributed by atoms with Crippen LogP contribution in [0.5, 0.6) is 11.5 Å². The molecule has 1 heterocycles. The van der Waals surface area contributed by atoms with E-state index in [-0.39, 0.29) is 47.6 Å². The van der Waals surface area contributed by atoms with Gasteiger partial charge < -0.3 is 25.7 Å². The number of carbonyl (C=O) groups is 1. The number of aromatic hydroxyl groups is 2. The summed E-state index contributed by atoms with van der Waals surface area (Å²) in [4.78, 5) is 15.3. The van der Waals surface area contributed by atoms with E-state index >= 15 is 0 Å². The average Bonchev–Trinajstić information content (AvgIpc) is 3.57. The van der Waals surface area contributed by atoms with E-state index in [0.717, 1.165) is 24.4 Å². The van der Waals surface area contributed by atoms with Gasteiger partial charge in [0.25, 0.3) is 5.91 Å². The number of allylic oxidation sites excluding steroid dienone is 1. The summed E-state index contributed by atoms with van der Waals surface area (Å²) in [6.07, 6.45) is 5.58. The number of aliphatic hydroxyl groups excluding tert-OH is 1. The summed E-state index contributed by atoms with van der Waals surface area (Å²) in [7, 11) is 0. The number of piperidine rings is 1. The maximum Gasteiger partial charge on any atom is 0.250 e. The van der Waals surface area contributed by atoms with Crippen LogP contribution < -0.4 is 5.32 Å². The minimum atomic E-state index is -1.32. The number of hydrogen-bond acceptors (Lipinski definition) is 7. The van der Waals surface area contributed by atoms with Gasteiger partial charge in [-0.2, -0.15) is 11.8 Å². The minimum Gasteiger partial charge on any atom is -0.512 e. The molecule has 32 heavy (non-hydrogen) atoms. The zero-order valence-corrected chi connectivity index (χ0v) is 19.2. The fraction of sp³-hybridized carbons (Fsp3) is 0.625. The number of carbonyl (C=O) groups excluding carboxylic acids is 1. The van der Waals surface area contributed by atoms with E-state index in [0.29, 0.717) is 30.9 Å². The predicted molar refractivity (Wildman–Crippen MR) is 123 cm³/mol. The van der Waals surface area contributed by atoms with Crippen molar-refractivity contribution in [2.45, 2.75) is 55.6 Å². The highest BCUT2D eigenvalue weighted by molar-refractivity contribution is 7.98. The van der Waals surface area contributed by atoms with Crippen molar-refractivity contribution < 1.29 is 25.2 Å². The summed E-state index contributed by atoms with van der Waals surface area (Å²) in [5.41, 5.74) is -0.588. The lowest BCUT2D eigenvalue weighted by molar-refractivity contribution is -0.157. The molecule has 1 aromatic carbocycles. The second-order valence-corrected chi connectivity index (χ2v) is 10.9. The molecule has 1 saturated carbocycles. The van der Waals surface area contributed by atoms with Gasteiger partial charge in [0.1, 0.15) is 5.76 Å². The number of benzene rings is 1. The summed E-state index contributed by atoms with van der Waals surface area (Å²) in [5, 5.41) is 47.4. The third-order valence-corrected chi connectivity index (χ3v) is 8.71. The maximum atomic E-state index is 12.9. The summed E-state index contributed by atoms with van der Waals surface area (Å²) in [6.45, 7) is 2.17. The van der Waals surface area contributed by atoms with Crippen molar-refractivity contribution in [1.82, 2.24) is 10.2 Å². The number of nitrogens with zero attached hydrogens (tertiary/aromatic N) is 1. The van der Waals surface area contributed by atoms with Gasteiger partial charge in [0.05, 0.1) is 11.2 Å². The molecule has 4 aliphatic rings. The Balaban J connectivity index is 1.60. The van der Waals surface area contributed by atoms with Gasteiger partial charge in [0, 0.05) is 48.7 Å². The van der Waals surface area contributed by atoms with E-state index in [1.165, 1.54) is 18.9 Å². The van der Waals surface area contributed by atoms with Crippen LogP contribution >= 0.6 is 11.8 Å². The van der Waals surface area contributed by atoms with Gasteiger partial charge in [-0.15, -0.1) is 0 Å². The van der Waals surface area contributed by atoms with E-state index in [1.807, 2.05) is 12.3 Å². The van der Waals surface area contributed by atoms with Gasteiger partial charge in [-0.25, -0.2) is 0 Å². The van der Waals surface area contributed by atoms with Crippen molar-refractivity contribution in [1.29, 1.82) is 0 Å². The molecule has 2 fully saturated rings. The van der Waals surface area contributed by atoms with E-state index in [4.69, 9.17) is 0 Å². The number of amides is 1. The number of thioether (sulfide) groups is 1. The third kappa shape index (κ3) is 3.22. The molecule has 1 saturated heterocycles. The van der Waals surface area contributed by atoms with Crippen LogP contribution in [0.4, 0.5) is 0 Å². The highest BCUT2D eigenvalue weighted by Crippen LogP contribution is 2.61. The third-order valence-electron chi connectivity index (χ3n) is 8.10. The number of aliphatic hydroxyl groups is 2. The molecule has 3 aliphatic carbocycles. The van der Waals surface area contributed by atoms with Crippen LogP contribution in [0.15, 0.2) is 23.5 Å². The molecule has 1 amide bonds. The van der Waals surface area contributed by atoms with Gasteiger partial charge in [0.2, 0.25) is 0 Å². The minimum absolute atomic E-state index is 0.0266. The van der Waals surface area contributed by atoms with Crippen molar-refractivity contribution in [2.24, 2.45) is 5.92 Å². The Morgan fingerprint density at radius 3 is 2.75 bits per heavy atom. The standard InChI is InChI=1S/C24H32N2O5S/c1-32-9-7-25-22(30)16-11-24(31)19-10-15-4-5-17(27)21(29)20(15)23(24,12-18(16)28)6-8-26(19)13-14-2-3-14/h4-5,14,19,27-29,31H,2-3,6-13H2,1H3,(H,25,30)/t19-,23-,24-/m1/s1. The Kier molecular flexibility index (Phi) is 5.38. The van der Waals surface area contributed by atoms with Crippen LogP contribution in [-0.2, 0) is 16.6 Å². The Bertz CT molecular complexity index is 977. The number of nitrogens with one attached hydrogen (secondary N) is 1. The van der Waals surface area contributed by atoms with Crippen LogP contribution in [-0.4, -0.2) is 74.5 Å². The molecule has 3 atom stereocenters. The maximum absolute atomic E-state index is 12.9. The van der Waals surface area contributed by atoms with Gasteiger partial charge in [-0.1, -0.05) is 6.07 Å². The lowest BCUT2D eigenvalue weighted by Gasteiger charge is -2.63. The quantitative estimate of drug-likeness (QED) is 0.327. The number of hydrogen-bond donors (Lipinski definition) is 5. The van der Waals surface area contributed by atoms with E-state index in [1.54, 1.807) is 11.8 Å². The predicted octanol–water partition coefficient (Wildman–Crippen LogP) is 2.19. The first-order valence-corrected chi connectivity index (χ1v) is 12.9. The molecule has 1 aliphatic heterocycles. The molecule has 0 aromatic heterocycles. The summed E-state index contributed by atoms with van der Waals surface area (Å²) < 4.78 is 0. The van der Waals surface area contributed by atoms with Crippen molar-refractivity contribution >= 4 is 17.7 Å². The lowest BCUT2D eigenvalue weighted by Crippen LogP contribution is -2.73. The molecule has 7 nitrogen and oxygen atoms in total. The summed E-state index contributed by atoms with van der Waals surface area (Å²) in [6, 6.07) is 3.11. The van der Waals surface area contributed by atoms with Gasteiger partial charge in [-0.05, 0) is 56.0 Å². The van der Waals surface area contributed by atoms with Crippen molar-refractivity contribution in [3.05, 3.63) is 34.6 Å². The van der Waals surface area contributed by atoms with Gasteiger partial charge >= 0.3 is 0 Å². The first kappa shape index (κ1) is 21.9. The van der Waals surface area contributed by atoms with E-state index < -0.39 is 11.0 Å². The number of phenolic OH excluding ortho intramolecular Hbond substituents is 2. The molecular formula is C24H32N2O5S. The monoisotopic (exact) mass is 460 g/mol. The second-order valence-electron chi connectivity index (χ2n) is 9.91. The van der Waals surface area contributed by atoms with Crippen molar-refractivity contribution in [3.63, 3.8) is 0 Å². The van der Waals surface area contributed by atoms with Crippen LogP contribution in [0.1, 0.15) is 43.2 Å². The van der Waals surface area contributed by atoms with E-state index in [9.17, 15) is 25.2 Å². The number of rotatable bonds is 6. The molecule has 8 heteroatoms. The molecule has 5 rings (SSSR count). The van der Waals surface area contributed by atoms with Crippen LogP contribution in [0.3, 0.4) is 0 Å². The smallest absolute Gasteiger partial charge is 0.250 e. The SMILES string of the molecule is CSCCNC(=O)C1=C(O)C[C@]23CCN(CC4CC4)[C@H](Cc4ccc(O)c(O)c42)[C@]3(O)C1. The summed E-state index contributed by atoms with van der Waals surface area (Å²) in [5.74, 6) is 0.632. The Hall–Kier alpha value is -1.90. The Labute approximate surface area is 192 Å². The van der Waals surface area contributed by atoms with Crippen LogP contribution in [0.25, 0.3) is 0 Å². The fourth-order valence-electron chi connectivity index (χ4n) is 6.32. The highest BCUT2D eigenvalue weighted by Gasteiger charge is 2.66. The number of fused-ring (bicyclic) bond motifs is 1. The zero-order chi connectivity index (χ0) is 22.7. The second kappa shape index (κ2) is 7.85. The van der Waals surface area contributed by atoms with Gasteiger partial charge in [-0.3, -0.25) is 9.69 Å². The summed E-state index contributed by atoms with van der Waals surface area (Å²) >= 11 is 1.63. The molecule has 2 bridgehead atoms. The van der Waals surface area contributed by atoms with Crippen molar-refractivity contribution in [3.8, 4) is 11.5 Å². The molecular weight excluding hydrogens is 428 g/mol. The fourth-order valence-corrected chi connectivity index (χ4v) is 6.62. The first-order chi connectivity index (χ1) is 15.3. The Morgan fingerprint density at radius 2 is 2.03 bits per heavy atom. The average molecular weight is 461 g/mol. The first-order valence-electron chi connectivity index (χ1n) is 11.5. The van der Waals surface area contributed by atoms with Gasteiger partial charge in [0.15, 0.2) is 11.5 Å². The van der Waals surface area contributed by atoms with E-state index in [2.05, 4.69) is 10.2 Å². The number of likely N-dealkylation sites (tertiary alicyclic amines) is 1. The van der Waals surface area contributed by atoms with Crippen LogP contribution in [0.2, 0.25) is 0 Å².